The first-order chi connectivity index (χ1) is 18.6. The van der Waals surface area contributed by atoms with Crippen molar-refractivity contribution in [2.24, 2.45) is 0 Å². The molecule has 1 unspecified atom stereocenters. The minimum absolute atomic E-state index is 0.143. The van der Waals surface area contributed by atoms with E-state index in [0.29, 0.717) is 22.2 Å². The van der Waals surface area contributed by atoms with Crippen LogP contribution in [0.25, 0.3) is 0 Å². The molecule has 3 aromatic carbocycles. The molecule has 2 aliphatic heterocycles. The number of halogens is 3. The molecule has 7 nitrogen and oxygen atoms in total. The molecule has 2 aliphatic rings. The van der Waals surface area contributed by atoms with Crippen LogP contribution >= 0.6 is 34.8 Å². The second-order valence-electron chi connectivity index (χ2n) is 9.18. The number of piperidine rings is 1. The molecule has 0 spiro atoms. The molecule has 0 radical (unpaired) electrons. The number of amides is 2. The van der Waals surface area contributed by atoms with Gasteiger partial charge in [-0.15, -0.1) is 0 Å². The number of carbonyl (C=O) groups is 2. The summed E-state index contributed by atoms with van der Waals surface area (Å²) in [5, 5.41) is 2.18. The number of hydrogen-bond donors (Lipinski definition) is 1. The molecule has 1 atom stereocenters. The van der Waals surface area contributed by atoms with Crippen LogP contribution in [0.2, 0.25) is 15.1 Å². The Bertz CT molecular complexity index is 1430. The molecule has 3 aromatic rings. The topological polar surface area (TPSA) is 86.8 Å². The third kappa shape index (κ3) is 6.94. The first kappa shape index (κ1) is 29.4. The zero-order chi connectivity index (χ0) is 28.2. The third-order valence-corrected chi connectivity index (χ3v) is 8.91. The van der Waals surface area contributed by atoms with E-state index in [1.807, 2.05) is 30.3 Å². The highest BCUT2D eigenvalue weighted by Crippen LogP contribution is 2.39. The van der Waals surface area contributed by atoms with Gasteiger partial charge >= 0.3 is 0 Å². The normalized spacial score (nSPS) is 17.1. The maximum atomic E-state index is 11.9. The van der Waals surface area contributed by atoms with Gasteiger partial charge in [0.25, 0.3) is 11.8 Å². The van der Waals surface area contributed by atoms with E-state index in [1.54, 1.807) is 24.3 Å². The number of carbonyl (C=O) groups excluding carboxylic acids is 2. The van der Waals surface area contributed by atoms with E-state index in [9.17, 15) is 18.0 Å². The zero-order valence-electron chi connectivity index (χ0n) is 21.2. The average molecular weight is 609 g/mol. The number of benzene rings is 3. The first-order valence-electron chi connectivity index (χ1n) is 12.4. The molecule has 0 aromatic heterocycles. The number of rotatable bonds is 6. The first-order valence-corrected chi connectivity index (χ1v) is 15.2. The zero-order valence-corrected chi connectivity index (χ0v) is 24.3. The smallest absolute Gasteiger partial charge is 0.261 e. The van der Waals surface area contributed by atoms with Gasteiger partial charge in [0.05, 0.1) is 22.9 Å². The lowest BCUT2D eigenvalue weighted by atomic mass is 9.94. The maximum absolute atomic E-state index is 11.9. The predicted molar refractivity (Wildman–Crippen MR) is 157 cm³/mol. The summed E-state index contributed by atoms with van der Waals surface area (Å²) in [5.74, 6) is -1.18. The van der Waals surface area contributed by atoms with Gasteiger partial charge in [-0.25, -0.2) is 13.1 Å². The second-order valence-corrected chi connectivity index (χ2v) is 12.5. The fourth-order valence-corrected chi connectivity index (χ4v) is 6.01. The maximum Gasteiger partial charge on any atom is 0.261 e. The summed E-state index contributed by atoms with van der Waals surface area (Å²) in [7, 11) is -2.15. The Morgan fingerprint density at radius 2 is 1.49 bits per heavy atom. The summed E-state index contributed by atoms with van der Waals surface area (Å²) in [6.07, 6.45) is 3.52. The van der Waals surface area contributed by atoms with E-state index < -0.39 is 21.8 Å². The van der Waals surface area contributed by atoms with Gasteiger partial charge in [-0.2, -0.15) is 0 Å². The van der Waals surface area contributed by atoms with Crippen molar-refractivity contribution in [3.63, 3.8) is 0 Å². The van der Waals surface area contributed by atoms with E-state index in [4.69, 9.17) is 34.8 Å². The number of hydrogen-bond acceptors (Lipinski definition) is 5. The Labute approximate surface area is 243 Å². The van der Waals surface area contributed by atoms with Crippen LogP contribution in [0.4, 0.5) is 5.69 Å². The Morgan fingerprint density at radius 3 is 2.08 bits per heavy atom. The molecular weight excluding hydrogens is 581 g/mol. The van der Waals surface area contributed by atoms with Gasteiger partial charge in [-0.3, -0.25) is 14.5 Å². The molecular formula is C28H28Cl3N3O4S. The summed E-state index contributed by atoms with van der Waals surface area (Å²) in [6, 6.07) is 20.5. The molecule has 2 heterocycles. The second kappa shape index (κ2) is 12.7. The van der Waals surface area contributed by atoms with E-state index in [1.165, 1.54) is 25.6 Å². The van der Waals surface area contributed by atoms with Crippen molar-refractivity contribution in [1.82, 2.24) is 9.62 Å². The van der Waals surface area contributed by atoms with E-state index >= 15 is 0 Å². The summed E-state index contributed by atoms with van der Waals surface area (Å²) >= 11 is 18.4. The van der Waals surface area contributed by atoms with Crippen molar-refractivity contribution in [3.8, 4) is 0 Å². The molecule has 1 saturated heterocycles. The Balaban J connectivity index is 0.000000183. The number of anilines is 1. The van der Waals surface area contributed by atoms with E-state index in [2.05, 4.69) is 21.8 Å². The monoisotopic (exact) mass is 607 g/mol. The summed E-state index contributed by atoms with van der Waals surface area (Å²) in [5.41, 5.74) is 2.99. The Morgan fingerprint density at radius 1 is 0.872 bits per heavy atom. The Hall–Kier alpha value is -2.62. The van der Waals surface area contributed by atoms with Gasteiger partial charge in [-0.1, -0.05) is 53.0 Å². The highest BCUT2D eigenvalue weighted by Gasteiger charge is 2.35. The quantitative estimate of drug-likeness (QED) is 0.336. The fourth-order valence-electron chi connectivity index (χ4n) is 4.72. The minimum atomic E-state index is -3.44. The third-order valence-electron chi connectivity index (χ3n) is 6.76. The van der Waals surface area contributed by atoms with Crippen LogP contribution < -0.4 is 9.62 Å². The largest absolute Gasteiger partial charge is 0.364 e. The van der Waals surface area contributed by atoms with Crippen LogP contribution in [-0.2, 0) is 10.0 Å². The average Bonchev–Trinajstić information content (AvgIpc) is 3.18. The van der Waals surface area contributed by atoms with Crippen LogP contribution in [0.5, 0.6) is 0 Å². The molecule has 0 aliphatic carbocycles. The van der Waals surface area contributed by atoms with Crippen LogP contribution in [-0.4, -0.2) is 51.0 Å². The molecule has 11 heteroatoms. The van der Waals surface area contributed by atoms with Crippen LogP contribution in [0.15, 0.2) is 66.7 Å². The number of imide groups is 1. The van der Waals surface area contributed by atoms with Crippen molar-refractivity contribution in [1.29, 1.82) is 0 Å². The van der Waals surface area contributed by atoms with Crippen molar-refractivity contribution in [2.45, 2.75) is 25.3 Å². The van der Waals surface area contributed by atoms with E-state index in [0.717, 1.165) is 33.5 Å². The highest BCUT2D eigenvalue weighted by atomic mass is 35.5. The number of fused-ring (bicyclic) bond motifs is 1. The fraction of sp³-hybridized carbons (Fsp3) is 0.286. The van der Waals surface area contributed by atoms with Gasteiger partial charge in [0.15, 0.2) is 0 Å². The lowest BCUT2D eigenvalue weighted by molar-refractivity contribution is 0.0664. The number of sulfonamides is 1. The number of nitrogens with one attached hydrogen (secondary N) is 1. The SMILES string of the molecule is CNS(=O)(=O)CCN1C(=O)c2ccccc2C1=O.Clc1ccc(N2CCCCC2c2ccc(Cl)cc2Cl)cc1. The number of nitrogens with zero attached hydrogens (tertiary/aromatic N) is 2. The van der Waals surface area contributed by atoms with Crippen LogP contribution in [0.3, 0.4) is 0 Å². The predicted octanol–water partition coefficient (Wildman–Crippen LogP) is 6.21. The molecule has 206 valence electrons. The van der Waals surface area contributed by atoms with Gasteiger partial charge in [0.2, 0.25) is 10.0 Å². The van der Waals surface area contributed by atoms with Gasteiger partial charge in [0.1, 0.15) is 0 Å². The van der Waals surface area contributed by atoms with Gasteiger partial charge in [-0.05, 0) is 80.4 Å². The van der Waals surface area contributed by atoms with Crippen molar-refractivity contribution in [2.75, 3.05) is 30.8 Å². The molecule has 2 amide bonds. The highest BCUT2D eigenvalue weighted by molar-refractivity contribution is 7.89. The summed E-state index contributed by atoms with van der Waals surface area (Å²) < 4.78 is 24.7. The minimum Gasteiger partial charge on any atom is -0.364 e. The molecule has 5 rings (SSSR count). The van der Waals surface area contributed by atoms with Crippen molar-refractivity contribution < 1.29 is 18.0 Å². The van der Waals surface area contributed by atoms with Crippen LogP contribution in [0, 0.1) is 0 Å². The molecule has 0 bridgehead atoms. The van der Waals surface area contributed by atoms with Crippen molar-refractivity contribution >= 4 is 62.3 Å². The Kier molecular flexibility index (Phi) is 9.56. The molecule has 39 heavy (non-hydrogen) atoms. The lowest BCUT2D eigenvalue weighted by Gasteiger charge is -2.38. The van der Waals surface area contributed by atoms with Crippen LogP contribution in [0.1, 0.15) is 51.6 Å². The molecule has 1 N–H and O–H groups in total. The molecule has 1 fully saturated rings. The van der Waals surface area contributed by atoms with E-state index in [-0.39, 0.29) is 12.3 Å². The summed E-state index contributed by atoms with van der Waals surface area (Å²) in [4.78, 5) is 27.2. The van der Waals surface area contributed by atoms with Gasteiger partial charge in [0, 0.05) is 33.8 Å². The van der Waals surface area contributed by atoms with Gasteiger partial charge < -0.3 is 4.90 Å². The summed E-state index contributed by atoms with van der Waals surface area (Å²) in [6.45, 7) is 0.890. The van der Waals surface area contributed by atoms with Crippen molar-refractivity contribution in [3.05, 3.63) is 98.5 Å². The molecule has 0 saturated carbocycles. The standard InChI is InChI=1S/C17H16Cl3N.C11H12N2O4S/c18-12-4-7-14(8-5-12)21-10-2-1-3-17(21)15-9-6-13(19)11-16(15)20;1-12-18(16,17)7-6-13-10(14)8-4-2-3-5-9(8)11(13)15/h4-9,11,17H,1-3,10H2;2-5,12H,6-7H2,1H3. The lowest BCUT2D eigenvalue weighted by Crippen LogP contribution is -2.36.